The van der Waals surface area contributed by atoms with Crippen molar-refractivity contribution in [1.29, 1.82) is 0 Å². The summed E-state index contributed by atoms with van der Waals surface area (Å²) in [4.78, 5) is 39.7. The maximum Gasteiger partial charge on any atom is 0.253 e. The molecule has 0 radical (unpaired) electrons. The third kappa shape index (κ3) is 2.40. The first-order valence-corrected chi connectivity index (χ1v) is 6.00. The predicted octanol–water partition coefficient (Wildman–Crippen LogP) is 0.331. The number of carbonyl (C=O) groups is 3. The van der Waals surface area contributed by atoms with Crippen molar-refractivity contribution in [3.8, 4) is 0 Å². The van der Waals surface area contributed by atoms with Gasteiger partial charge < -0.3 is 5.32 Å². The van der Waals surface area contributed by atoms with Crippen molar-refractivity contribution in [1.82, 2.24) is 15.2 Å². The van der Waals surface area contributed by atoms with E-state index in [-0.39, 0.29) is 12.3 Å². The number of amides is 3. The van der Waals surface area contributed by atoms with Gasteiger partial charge in [-0.2, -0.15) is 0 Å². The van der Waals surface area contributed by atoms with Crippen LogP contribution in [0.2, 0.25) is 0 Å². The molecule has 1 aliphatic heterocycles. The standard InChI is InChI=1S/C11H10BrN3O3/c1-15-9(16)3-8(11(15)18)14-10(17)6-2-7(12)5-13-4-6/h2,4-5,8H,3H2,1H3,(H,14,17). The minimum absolute atomic E-state index is 0.00249. The number of nitrogens with zero attached hydrogens (tertiary/aromatic N) is 2. The first-order valence-electron chi connectivity index (χ1n) is 5.21. The second-order valence-corrected chi connectivity index (χ2v) is 4.83. The van der Waals surface area contributed by atoms with Crippen LogP contribution in [-0.2, 0) is 9.59 Å². The summed E-state index contributed by atoms with van der Waals surface area (Å²) in [6.45, 7) is 0. The number of pyridine rings is 1. The fourth-order valence-corrected chi connectivity index (χ4v) is 2.01. The van der Waals surface area contributed by atoms with E-state index in [2.05, 4.69) is 26.2 Å². The minimum Gasteiger partial charge on any atom is -0.340 e. The smallest absolute Gasteiger partial charge is 0.253 e. The summed E-state index contributed by atoms with van der Waals surface area (Å²) in [6.07, 6.45) is 2.95. The molecular weight excluding hydrogens is 302 g/mol. The third-order valence-electron chi connectivity index (χ3n) is 2.65. The van der Waals surface area contributed by atoms with E-state index in [0.29, 0.717) is 10.0 Å². The molecule has 1 N–H and O–H groups in total. The number of halogens is 1. The normalized spacial score (nSPS) is 19.2. The summed E-state index contributed by atoms with van der Waals surface area (Å²) in [5.41, 5.74) is 0.333. The molecule has 0 saturated carbocycles. The monoisotopic (exact) mass is 311 g/mol. The van der Waals surface area contributed by atoms with E-state index < -0.39 is 17.9 Å². The van der Waals surface area contributed by atoms with Crippen molar-refractivity contribution in [3.63, 3.8) is 0 Å². The highest BCUT2D eigenvalue weighted by Gasteiger charge is 2.37. The molecule has 0 bridgehead atoms. The van der Waals surface area contributed by atoms with Crippen LogP contribution < -0.4 is 5.32 Å². The van der Waals surface area contributed by atoms with Crippen LogP contribution in [0, 0.1) is 0 Å². The molecule has 2 rings (SSSR count). The number of imide groups is 1. The zero-order valence-electron chi connectivity index (χ0n) is 9.51. The van der Waals surface area contributed by atoms with Crippen molar-refractivity contribution in [2.75, 3.05) is 7.05 Å². The summed E-state index contributed by atoms with van der Waals surface area (Å²) < 4.78 is 0.668. The summed E-state index contributed by atoms with van der Waals surface area (Å²) in [7, 11) is 1.40. The Balaban J connectivity index is 2.09. The summed E-state index contributed by atoms with van der Waals surface area (Å²) in [5.74, 6) is -1.11. The average Bonchev–Trinajstić information content (AvgIpc) is 2.57. The maximum absolute atomic E-state index is 11.9. The Kier molecular flexibility index (Phi) is 3.42. The Morgan fingerprint density at radius 1 is 1.50 bits per heavy atom. The van der Waals surface area contributed by atoms with E-state index in [9.17, 15) is 14.4 Å². The van der Waals surface area contributed by atoms with Gasteiger partial charge in [-0.05, 0) is 22.0 Å². The largest absolute Gasteiger partial charge is 0.340 e. The lowest BCUT2D eigenvalue weighted by atomic mass is 10.2. The lowest BCUT2D eigenvalue weighted by molar-refractivity contribution is -0.137. The molecule has 1 unspecified atom stereocenters. The van der Waals surface area contributed by atoms with Crippen LogP contribution in [0.4, 0.5) is 0 Å². The van der Waals surface area contributed by atoms with Crippen LogP contribution >= 0.6 is 15.9 Å². The SMILES string of the molecule is CN1C(=O)CC(NC(=O)c2cncc(Br)c2)C1=O. The molecule has 0 aliphatic carbocycles. The first-order chi connectivity index (χ1) is 8.49. The van der Waals surface area contributed by atoms with E-state index in [0.717, 1.165) is 4.90 Å². The lowest BCUT2D eigenvalue weighted by Crippen LogP contribution is -2.40. The van der Waals surface area contributed by atoms with Gasteiger partial charge >= 0.3 is 0 Å². The predicted molar refractivity (Wildman–Crippen MR) is 65.6 cm³/mol. The van der Waals surface area contributed by atoms with Gasteiger partial charge in [-0.25, -0.2) is 0 Å². The highest BCUT2D eigenvalue weighted by Crippen LogP contribution is 2.13. The molecule has 0 aromatic carbocycles. The first kappa shape index (κ1) is 12.7. The fraction of sp³-hybridized carbons (Fsp3) is 0.273. The second kappa shape index (κ2) is 4.85. The van der Waals surface area contributed by atoms with Crippen molar-refractivity contribution < 1.29 is 14.4 Å². The van der Waals surface area contributed by atoms with Crippen molar-refractivity contribution in [2.24, 2.45) is 0 Å². The Labute approximate surface area is 111 Å². The number of nitrogens with one attached hydrogen (secondary N) is 1. The molecular formula is C11H10BrN3O3. The van der Waals surface area contributed by atoms with Gasteiger partial charge in [0.1, 0.15) is 6.04 Å². The highest BCUT2D eigenvalue weighted by molar-refractivity contribution is 9.10. The number of hydrogen-bond donors (Lipinski definition) is 1. The molecule has 1 saturated heterocycles. The molecule has 94 valence electrons. The Morgan fingerprint density at radius 2 is 2.22 bits per heavy atom. The molecule has 1 aromatic rings. The van der Waals surface area contributed by atoms with Crippen LogP contribution in [0.3, 0.4) is 0 Å². The zero-order chi connectivity index (χ0) is 13.3. The minimum atomic E-state index is -0.783. The molecule has 1 fully saturated rings. The number of carbonyl (C=O) groups excluding carboxylic acids is 3. The van der Waals surface area contributed by atoms with Crippen molar-refractivity contribution >= 4 is 33.7 Å². The molecule has 18 heavy (non-hydrogen) atoms. The second-order valence-electron chi connectivity index (χ2n) is 3.91. The topological polar surface area (TPSA) is 79.4 Å². The number of likely N-dealkylation sites (tertiary alicyclic amines) is 1. The van der Waals surface area contributed by atoms with Crippen LogP contribution in [0.1, 0.15) is 16.8 Å². The van der Waals surface area contributed by atoms with Crippen molar-refractivity contribution in [3.05, 3.63) is 28.5 Å². The summed E-state index contributed by atoms with van der Waals surface area (Å²) in [5, 5.41) is 2.52. The number of hydrogen-bond acceptors (Lipinski definition) is 4. The van der Waals surface area contributed by atoms with Gasteiger partial charge in [-0.1, -0.05) is 0 Å². The third-order valence-corrected chi connectivity index (χ3v) is 3.09. The van der Waals surface area contributed by atoms with Crippen LogP contribution in [-0.4, -0.2) is 40.7 Å². The summed E-state index contributed by atoms with van der Waals surface area (Å²) >= 11 is 3.20. The van der Waals surface area contributed by atoms with Gasteiger partial charge in [0, 0.05) is 23.9 Å². The van der Waals surface area contributed by atoms with Crippen molar-refractivity contribution in [2.45, 2.75) is 12.5 Å². The number of rotatable bonds is 2. The molecule has 6 nitrogen and oxygen atoms in total. The van der Waals surface area contributed by atoms with Gasteiger partial charge in [-0.15, -0.1) is 0 Å². The molecule has 1 atom stereocenters. The van der Waals surface area contributed by atoms with E-state index in [1.165, 1.54) is 13.2 Å². The van der Waals surface area contributed by atoms with Crippen LogP contribution in [0.5, 0.6) is 0 Å². The zero-order valence-corrected chi connectivity index (χ0v) is 11.1. The molecule has 3 amide bonds. The van der Waals surface area contributed by atoms with E-state index in [4.69, 9.17) is 0 Å². The van der Waals surface area contributed by atoms with Gasteiger partial charge in [0.25, 0.3) is 11.8 Å². The number of likely N-dealkylation sites (N-methyl/N-ethyl adjacent to an activating group) is 1. The molecule has 7 heteroatoms. The van der Waals surface area contributed by atoms with Gasteiger partial charge in [0.05, 0.1) is 12.0 Å². The molecule has 1 aromatic heterocycles. The van der Waals surface area contributed by atoms with Gasteiger partial charge in [0.15, 0.2) is 0 Å². The number of aromatic nitrogens is 1. The summed E-state index contributed by atoms with van der Waals surface area (Å²) in [6, 6.07) is 0.807. The van der Waals surface area contributed by atoms with Gasteiger partial charge in [-0.3, -0.25) is 24.3 Å². The van der Waals surface area contributed by atoms with Gasteiger partial charge in [0.2, 0.25) is 5.91 Å². The quantitative estimate of drug-likeness (QED) is 0.798. The molecule has 2 heterocycles. The maximum atomic E-state index is 11.9. The molecule has 0 spiro atoms. The molecule has 1 aliphatic rings. The Morgan fingerprint density at radius 3 is 2.78 bits per heavy atom. The average molecular weight is 312 g/mol. The highest BCUT2D eigenvalue weighted by atomic mass is 79.9. The Hall–Kier alpha value is -1.76. The fourth-order valence-electron chi connectivity index (χ4n) is 1.65. The lowest BCUT2D eigenvalue weighted by Gasteiger charge is -2.10. The van der Waals surface area contributed by atoms with E-state index in [1.54, 1.807) is 12.3 Å². The Bertz CT molecular complexity index is 532. The van der Waals surface area contributed by atoms with E-state index in [1.807, 2.05) is 0 Å². The van der Waals surface area contributed by atoms with Crippen LogP contribution in [0.15, 0.2) is 22.9 Å². The van der Waals surface area contributed by atoms with Crippen LogP contribution in [0.25, 0.3) is 0 Å². The van der Waals surface area contributed by atoms with E-state index >= 15 is 0 Å².